The summed E-state index contributed by atoms with van der Waals surface area (Å²) in [5, 5.41) is 5.46. The molecule has 2 aromatic rings. The van der Waals surface area contributed by atoms with Crippen LogP contribution in [-0.4, -0.2) is 21.3 Å². The van der Waals surface area contributed by atoms with E-state index >= 15 is 0 Å². The van der Waals surface area contributed by atoms with Crippen molar-refractivity contribution in [2.45, 2.75) is 12.5 Å². The summed E-state index contributed by atoms with van der Waals surface area (Å²) in [6.07, 6.45) is 0.913. The van der Waals surface area contributed by atoms with E-state index in [-0.39, 0.29) is 6.04 Å². The first-order chi connectivity index (χ1) is 9.69. The number of nitrogens with one attached hydrogen (secondary N) is 1. The van der Waals surface area contributed by atoms with Crippen molar-refractivity contribution in [3.8, 4) is 11.5 Å². The molecule has 0 aliphatic rings. The molecule has 1 aromatic carbocycles. The summed E-state index contributed by atoms with van der Waals surface area (Å²) in [5.74, 6) is 1.56. The lowest BCUT2D eigenvalue weighted by Gasteiger charge is -2.20. The first-order valence-corrected chi connectivity index (χ1v) is 7.98. The van der Waals surface area contributed by atoms with E-state index in [4.69, 9.17) is 9.47 Å². The van der Waals surface area contributed by atoms with E-state index in [9.17, 15) is 0 Å². The lowest BCUT2D eigenvalue weighted by Crippen LogP contribution is -2.19. The normalized spacial score (nSPS) is 12.2. The summed E-state index contributed by atoms with van der Waals surface area (Å²) < 4.78 is 12.0. The average molecular weight is 356 g/mol. The van der Waals surface area contributed by atoms with Gasteiger partial charge in [-0.15, -0.1) is 11.3 Å². The maximum absolute atomic E-state index is 5.52. The van der Waals surface area contributed by atoms with Crippen molar-refractivity contribution in [1.29, 1.82) is 0 Å². The third kappa shape index (κ3) is 3.34. The van der Waals surface area contributed by atoms with Crippen LogP contribution < -0.4 is 14.8 Å². The van der Waals surface area contributed by atoms with E-state index in [1.807, 2.05) is 19.2 Å². The van der Waals surface area contributed by atoms with Crippen LogP contribution in [-0.2, 0) is 6.42 Å². The van der Waals surface area contributed by atoms with Crippen LogP contribution in [0.4, 0.5) is 0 Å². The second kappa shape index (κ2) is 7.11. The summed E-state index contributed by atoms with van der Waals surface area (Å²) in [4.78, 5) is 1.32. The number of rotatable bonds is 6. The van der Waals surface area contributed by atoms with Crippen LogP contribution >= 0.6 is 27.3 Å². The number of para-hydroxylation sites is 1. The van der Waals surface area contributed by atoms with Crippen molar-refractivity contribution in [3.05, 3.63) is 44.6 Å². The largest absolute Gasteiger partial charge is 0.493 e. The number of benzene rings is 1. The van der Waals surface area contributed by atoms with E-state index in [0.717, 1.165) is 28.0 Å². The van der Waals surface area contributed by atoms with Crippen LogP contribution in [0.2, 0.25) is 0 Å². The van der Waals surface area contributed by atoms with Gasteiger partial charge in [0, 0.05) is 32.8 Å². The Labute approximate surface area is 132 Å². The van der Waals surface area contributed by atoms with E-state index in [1.165, 1.54) is 4.88 Å². The van der Waals surface area contributed by atoms with Crippen LogP contribution in [0, 0.1) is 0 Å². The van der Waals surface area contributed by atoms with Gasteiger partial charge >= 0.3 is 0 Å². The van der Waals surface area contributed by atoms with Gasteiger partial charge in [-0.2, -0.15) is 0 Å². The molecule has 5 heteroatoms. The fourth-order valence-electron chi connectivity index (χ4n) is 2.22. The topological polar surface area (TPSA) is 30.5 Å². The lowest BCUT2D eigenvalue weighted by molar-refractivity contribution is 0.347. The first kappa shape index (κ1) is 15.4. The minimum Gasteiger partial charge on any atom is -0.493 e. The van der Waals surface area contributed by atoms with Crippen molar-refractivity contribution >= 4 is 27.3 Å². The Morgan fingerprint density at radius 2 is 2.10 bits per heavy atom. The monoisotopic (exact) mass is 355 g/mol. The highest BCUT2D eigenvalue weighted by Crippen LogP contribution is 2.36. The van der Waals surface area contributed by atoms with Gasteiger partial charge < -0.3 is 14.8 Å². The maximum Gasteiger partial charge on any atom is 0.165 e. The number of ether oxygens (including phenoxy) is 2. The fourth-order valence-corrected chi connectivity index (χ4v) is 3.71. The zero-order chi connectivity index (χ0) is 14.5. The highest BCUT2D eigenvalue weighted by Gasteiger charge is 2.18. The molecule has 108 valence electrons. The third-order valence-corrected chi connectivity index (χ3v) is 4.90. The molecule has 0 spiro atoms. The summed E-state index contributed by atoms with van der Waals surface area (Å²) in [7, 11) is 5.30. The quantitative estimate of drug-likeness (QED) is 0.848. The molecule has 0 aliphatic heterocycles. The molecule has 1 aromatic heterocycles. The molecule has 0 amide bonds. The molecule has 0 radical (unpaired) electrons. The Hall–Kier alpha value is -1.04. The van der Waals surface area contributed by atoms with Gasteiger partial charge in [0.25, 0.3) is 0 Å². The van der Waals surface area contributed by atoms with E-state index < -0.39 is 0 Å². The number of hydrogen-bond acceptors (Lipinski definition) is 4. The SMILES string of the molecule is CNC(Cc1cc(Br)cs1)c1cccc(OC)c1OC. The molecule has 1 heterocycles. The number of thiophene rings is 1. The van der Waals surface area contributed by atoms with Crippen LogP contribution in [0.15, 0.2) is 34.1 Å². The predicted octanol–water partition coefficient (Wildman–Crippen LogP) is 4.03. The molecule has 0 saturated heterocycles. The Balaban J connectivity index is 2.31. The summed E-state index contributed by atoms with van der Waals surface area (Å²) in [6.45, 7) is 0. The van der Waals surface area contributed by atoms with Gasteiger partial charge in [0.05, 0.1) is 14.2 Å². The molecule has 0 fully saturated rings. The molecule has 0 aliphatic carbocycles. The smallest absolute Gasteiger partial charge is 0.165 e. The minimum absolute atomic E-state index is 0.186. The molecule has 0 saturated carbocycles. The van der Waals surface area contributed by atoms with Crippen LogP contribution in [0.1, 0.15) is 16.5 Å². The zero-order valence-electron chi connectivity index (χ0n) is 11.8. The van der Waals surface area contributed by atoms with Gasteiger partial charge in [0.15, 0.2) is 11.5 Å². The van der Waals surface area contributed by atoms with E-state index in [1.54, 1.807) is 25.6 Å². The number of halogens is 1. The maximum atomic E-state index is 5.52. The summed E-state index contributed by atoms with van der Waals surface area (Å²) in [5.41, 5.74) is 1.11. The molecule has 2 rings (SSSR count). The fraction of sp³-hybridized carbons (Fsp3) is 0.333. The molecule has 20 heavy (non-hydrogen) atoms. The standard InChI is InChI=1S/C15H18BrNO2S/c1-17-13(8-11-7-10(16)9-20-11)12-5-4-6-14(18-2)15(12)19-3/h4-7,9,13,17H,8H2,1-3H3. The van der Waals surface area contributed by atoms with Crippen molar-refractivity contribution in [2.75, 3.05) is 21.3 Å². The molecule has 1 unspecified atom stereocenters. The Morgan fingerprint density at radius 3 is 2.65 bits per heavy atom. The number of hydrogen-bond donors (Lipinski definition) is 1. The van der Waals surface area contributed by atoms with Crippen LogP contribution in [0.25, 0.3) is 0 Å². The molecule has 1 N–H and O–H groups in total. The second-order valence-electron chi connectivity index (χ2n) is 4.36. The van der Waals surface area contributed by atoms with Gasteiger partial charge in [-0.05, 0) is 35.1 Å². The first-order valence-electron chi connectivity index (χ1n) is 6.30. The van der Waals surface area contributed by atoms with E-state index in [2.05, 4.69) is 38.8 Å². The number of likely N-dealkylation sites (N-methyl/N-ethyl adjacent to an activating group) is 1. The van der Waals surface area contributed by atoms with Crippen molar-refractivity contribution < 1.29 is 9.47 Å². The van der Waals surface area contributed by atoms with Crippen LogP contribution in [0.3, 0.4) is 0 Å². The van der Waals surface area contributed by atoms with Crippen molar-refractivity contribution in [2.24, 2.45) is 0 Å². The van der Waals surface area contributed by atoms with Gasteiger partial charge in [-0.1, -0.05) is 12.1 Å². The Kier molecular flexibility index (Phi) is 5.46. The van der Waals surface area contributed by atoms with Gasteiger partial charge in [0.2, 0.25) is 0 Å². The molecule has 1 atom stereocenters. The molecular formula is C15H18BrNO2S. The molecule has 3 nitrogen and oxygen atoms in total. The average Bonchev–Trinajstić information content (AvgIpc) is 2.89. The van der Waals surface area contributed by atoms with Gasteiger partial charge in [0.1, 0.15) is 0 Å². The van der Waals surface area contributed by atoms with Crippen LogP contribution in [0.5, 0.6) is 11.5 Å². The van der Waals surface area contributed by atoms with Gasteiger partial charge in [-0.3, -0.25) is 0 Å². The molecule has 0 bridgehead atoms. The van der Waals surface area contributed by atoms with Crippen molar-refractivity contribution in [1.82, 2.24) is 5.32 Å². The molecular weight excluding hydrogens is 338 g/mol. The van der Waals surface area contributed by atoms with Gasteiger partial charge in [-0.25, -0.2) is 0 Å². The number of methoxy groups -OCH3 is 2. The Bertz CT molecular complexity index is 571. The van der Waals surface area contributed by atoms with Crippen molar-refractivity contribution in [3.63, 3.8) is 0 Å². The predicted molar refractivity (Wildman–Crippen MR) is 87.1 cm³/mol. The summed E-state index contributed by atoms with van der Waals surface area (Å²) >= 11 is 5.25. The second-order valence-corrected chi connectivity index (χ2v) is 6.27. The minimum atomic E-state index is 0.186. The highest BCUT2D eigenvalue weighted by molar-refractivity contribution is 9.10. The zero-order valence-corrected chi connectivity index (χ0v) is 14.2. The lowest BCUT2D eigenvalue weighted by atomic mass is 10.0. The third-order valence-electron chi connectivity index (χ3n) is 3.18. The van der Waals surface area contributed by atoms with E-state index in [0.29, 0.717) is 0 Å². The Morgan fingerprint density at radius 1 is 1.30 bits per heavy atom. The summed E-state index contributed by atoms with van der Waals surface area (Å²) in [6, 6.07) is 8.32. The highest BCUT2D eigenvalue weighted by atomic mass is 79.9.